The second-order valence-electron chi connectivity index (χ2n) is 4.78. The lowest BCUT2D eigenvalue weighted by molar-refractivity contribution is 0.459. The first-order valence-electron chi connectivity index (χ1n) is 6.53. The van der Waals surface area contributed by atoms with E-state index in [1.807, 2.05) is 12.1 Å². The van der Waals surface area contributed by atoms with Gasteiger partial charge in [-0.15, -0.1) is 0 Å². The average molecular weight is 309 g/mol. The van der Waals surface area contributed by atoms with Gasteiger partial charge in [-0.1, -0.05) is 35.3 Å². The fourth-order valence-corrected chi connectivity index (χ4v) is 2.16. The Hall–Kier alpha value is -1.29. The second-order valence-corrected chi connectivity index (χ2v) is 5.56. The van der Waals surface area contributed by atoms with Crippen LogP contribution in [0.3, 0.4) is 0 Å². The molecule has 0 amide bonds. The monoisotopic (exact) mass is 308 g/mol. The number of ether oxygens (including phenoxy) is 1. The van der Waals surface area contributed by atoms with Crippen molar-refractivity contribution in [3.05, 3.63) is 52.1 Å². The lowest BCUT2D eigenvalue weighted by atomic mass is 10.3. The molecule has 1 heterocycles. The number of benzene rings is 1. The Balaban J connectivity index is 1.72. The molecule has 1 fully saturated rings. The fourth-order valence-electron chi connectivity index (χ4n) is 1.82. The van der Waals surface area contributed by atoms with Crippen molar-refractivity contribution in [1.82, 2.24) is 10.3 Å². The molecule has 1 N–H and O–H groups in total. The molecule has 1 aliphatic carbocycles. The molecule has 1 aliphatic rings. The quantitative estimate of drug-likeness (QED) is 0.887. The fraction of sp³-hybridized carbons (Fsp3) is 0.267. The van der Waals surface area contributed by atoms with Gasteiger partial charge in [0, 0.05) is 18.7 Å². The van der Waals surface area contributed by atoms with E-state index in [0.29, 0.717) is 27.7 Å². The molecule has 2 aromatic rings. The van der Waals surface area contributed by atoms with Crippen molar-refractivity contribution in [3.8, 4) is 11.6 Å². The van der Waals surface area contributed by atoms with Crippen LogP contribution in [0.5, 0.6) is 11.6 Å². The van der Waals surface area contributed by atoms with Gasteiger partial charge in [0.05, 0.1) is 10.7 Å². The van der Waals surface area contributed by atoms with Crippen LogP contribution in [0.4, 0.5) is 0 Å². The van der Waals surface area contributed by atoms with Gasteiger partial charge in [0.1, 0.15) is 10.8 Å². The van der Waals surface area contributed by atoms with Crippen LogP contribution in [-0.4, -0.2) is 11.0 Å². The number of halogens is 2. The van der Waals surface area contributed by atoms with Crippen LogP contribution in [0.25, 0.3) is 0 Å². The highest BCUT2D eigenvalue weighted by atomic mass is 35.5. The van der Waals surface area contributed by atoms with Gasteiger partial charge in [-0.25, -0.2) is 4.98 Å². The molecule has 1 aromatic heterocycles. The Morgan fingerprint density at radius 3 is 2.75 bits per heavy atom. The Morgan fingerprint density at radius 1 is 1.15 bits per heavy atom. The summed E-state index contributed by atoms with van der Waals surface area (Å²) in [7, 11) is 0. The maximum atomic E-state index is 6.10. The van der Waals surface area contributed by atoms with Crippen molar-refractivity contribution in [1.29, 1.82) is 0 Å². The largest absolute Gasteiger partial charge is 0.437 e. The minimum atomic E-state index is 0.400. The maximum absolute atomic E-state index is 6.10. The first kappa shape index (κ1) is 13.7. The Bertz CT molecular complexity index is 615. The van der Waals surface area contributed by atoms with Gasteiger partial charge in [0.2, 0.25) is 5.88 Å². The van der Waals surface area contributed by atoms with E-state index in [1.165, 1.54) is 12.8 Å². The third-order valence-corrected chi connectivity index (χ3v) is 3.86. The zero-order valence-corrected chi connectivity index (χ0v) is 12.3. The van der Waals surface area contributed by atoms with Crippen molar-refractivity contribution >= 4 is 23.2 Å². The van der Waals surface area contributed by atoms with Gasteiger partial charge < -0.3 is 10.1 Å². The third-order valence-electron chi connectivity index (χ3n) is 3.06. The number of aromatic nitrogens is 1. The first-order chi connectivity index (χ1) is 9.72. The van der Waals surface area contributed by atoms with E-state index >= 15 is 0 Å². The van der Waals surface area contributed by atoms with Crippen LogP contribution in [0.2, 0.25) is 10.0 Å². The smallest absolute Gasteiger partial charge is 0.219 e. The van der Waals surface area contributed by atoms with Crippen molar-refractivity contribution in [3.63, 3.8) is 0 Å². The van der Waals surface area contributed by atoms with Crippen LogP contribution in [0.15, 0.2) is 36.4 Å². The summed E-state index contributed by atoms with van der Waals surface area (Å²) in [6.07, 6.45) is 2.52. The standard InChI is InChI=1S/C15H14Cl2N2O/c16-12-4-2-5-13(15(12)17)20-14-6-1-3-11(19-14)9-18-10-7-8-10/h1-6,10,18H,7-9H2. The van der Waals surface area contributed by atoms with E-state index in [0.717, 1.165) is 12.2 Å². The molecule has 20 heavy (non-hydrogen) atoms. The van der Waals surface area contributed by atoms with Crippen LogP contribution >= 0.6 is 23.2 Å². The molecule has 1 saturated carbocycles. The molecule has 1 aromatic carbocycles. The number of nitrogens with one attached hydrogen (secondary N) is 1. The zero-order chi connectivity index (χ0) is 13.9. The summed E-state index contributed by atoms with van der Waals surface area (Å²) in [6, 6.07) is 11.6. The molecule has 0 spiro atoms. The normalized spacial score (nSPS) is 14.3. The van der Waals surface area contributed by atoms with E-state index in [9.17, 15) is 0 Å². The number of nitrogens with zero attached hydrogens (tertiary/aromatic N) is 1. The number of pyridine rings is 1. The van der Waals surface area contributed by atoms with Gasteiger partial charge in [0.15, 0.2) is 0 Å². The Morgan fingerprint density at radius 2 is 1.95 bits per heavy atom. The third kappa shape index (κ3) is 3.42. The Kier molecular flexibility index (Phi) is 4.10. The van der Waals surface area contributed by atoms with Crippen LogP contribution in [0, 0.1) is 0 Å². The molecular formula is C15H14Cl2N2O. The molecule has 0 unspecified atom stereocenters. The first-order valence-corrected chi connectivity index (χ1v) is 7.29. The number of hydrogen-bond acceptors (Lipinski definition) is 3. The summed E-state index contributed by atoms with van der Waals surface area (Å²) >= 11 is 12.1. The summed E-state index contributed by atoms with van der Waals surface area (Å²) < 4.78 is 5.70. The van der Waals surface area contributed by atoms with E-state index in [1.54, 1.807) is 24.3 Å². The van der Waals surface area contributed by atoms with Crippen LogP contribution < -0.4 is 10.1 Å². The maximum Gasteiger partial charge on any atom is 0.219 e. The summed E-state index contributed by atoms with van der Waals surface area (Å²) in [5.41, 5.74) is 0.951. The summed E-state index contributed by atoms with van der Waals surface area (Å²) in [4.78, 5) is 4.45. The van der Waals surface area contributed by atoms with E-state index in [2.05, 4.69) is 10.3 Å². The lowest BCUT2D eigenvalue weighted by Crippen LogP contribution is -2.16. The molecule has 3 nitrogen and oxygen atoms in total. The molecule has 5 heteroatoms. The van der Waals surface area contributed by atoms with E-state index < -0.39 is 0 Å². The van der Waals surface area contributed by atoms with Gasteiger partial charge in [-0.3, -0.25) is 0 Å². The molecule has 0 atom stereocenters. The van der Waals surface area contributed by atoms with Gasteiger partial charge >= 0.3 is 0 Å². The number of rotatable bonds is 5. The minimum Gasteiger partial charge on any atom is -0.437 e. The van der Waals surface area contributed by atoms with Crippen molar-refractivity contribution in [2.45, 2.75) is 25.4 Å². The molecule has 0 radical (unpaired) electrons. The summed E-state index contributed by atoms with van der Waals surface area (Å²) in [5.74, 6) is 1.03. The predicted octanol–water partition coefficient (Wildman–Crippen LogP) is 4.43. The minimum absolute atomic E-state index is 0.400. The van der Waals surface area contributed by atoms with Crippen LogP contribution in [-0.2, 0) is 6.54 Å². The van der Waals surface area contributed by atoms with Gasteiger partial charge in [0.25, 0.3) is 0 Å². The zero-order valence-electron chi connectivity index (χ0n) is 10.8. The highest BCUT2D eigenvalue weighted by Crippen LogP contribution is 2.34. The second kappa shape index (κ2) is 6.00. The molecule has 0 saturated heterocycles. The van der Waals surface area contributed by atoms with Gasteiger partial charge in [-0.2, -0.15) is 0 Å². The summed E-state index contributed by atoms with van der Waals surface area (Å²) in [5, 5.41) is 4.29. The molecule has 104 valence electrons. The topological polar surface area (TPSA) is 34.1 Å². The van der Waals surface area contributed by atoms with Gasteiger partial charge in [-0.05, 0) is 31.0 Å². The average Bonchev–Trinajstić information content (AvgIpc) is 3.26. The van der Waals surface area contributed by atoms with E-state index in [4.69, 9.17) is 27.9 Å². The Labute approximate surface area is 127 Å². The van der Waals surface area contributed by atoms with E-state index in [-0.39, 0.29) is 0 Å². The molecule has 0 bridgehead atoms. The highest BCUT2D eigenvalue weighted by Gasteiger charge is 2.20. The van der Waals surface area contributed by atoms with Crippen molar-refractivity contribution < 1.29 is 4.74 Å². The van der Waals surface area contributed by atoms with Crippen molar-refractivity contribution in [2.24, 2.45) is 0 Å². The summed E-state index contributed by atoms with van der Waals surface area (Å²) in [6.45, 7) is 0.755. The predicted molar refractivity (Wildman–Crippen MR) is 80.6 cm³/mol. The number of hydrogen-bond donors (Lipinski definition) is 1. The SMILES string of the molecule is Clc1cccc(Oc2cccc(CNC3CC3)n2)c1Cl. The highest BCUT2D eigenvalue weighted by molar-refractivity contribution is 6.42. The molecule has 3 rings (SSSR count). The lowest BCUT2D eigenvalue weighted by Gasteiger charge is -2.09. The molecular weight excluding hydrogens is 295 g/mol. The van der Waals surface area contributed by atoms with Crippen molar-refractivity contribution in [2.75, 3.05) is 0 Å². The molecule has 0 aliphatic heterocycles. The van der Waals surface area contributed by atoms with Crippen LogP contribution in [0.1, 0.15) is 18.5 Å².